The predicted octanol–water partition coefficient (Wildman–Crippen LogP) is 1.82. The summed E-state index contributed by atoms with van der Waals surface area (Å²) in [5, 5.41) is 17.2. The molecule has 0 aliphatic carbocycles. The molecular weight excluding hydrogens is 272 g/mol. The van der Waals surface area contributed by atoms with Gasteiger partial charge in [0.2, 0.25) is 11.6 Å². The zero-order valence-electron chi connectivity index (χ0n) is 13.3. The van der Waals surface area contributed by atoms with Crippen LogP contribution in [0.4, 0.5) is 17.3 Å². The summed E-state index contributed by atoms with van der Waals surface area (Å²) in [4.78, 5) is 20.8. The van der Waals surface area contributed by atoms with E-state index in [-0.39, 0.29) is 22.7 Å². The molecule has 0 bridgehead atoms. The predicted molar refractivity (Wildman–Crippen MR) is 83.7 cm³/mol. The normalized spacial score (nSPS) is 11.5. The van der Waals surface area contributed by atoms with E-state index < -0.39 is 4.92 Å². The average Bonchev–Trinajstić information content (AvgIpc) is 2.35. The largest absolute Gasteiger partial charge is 0.364 e. The standard InChI is InChI=1S/C13H24N6O2/c1-6-14-11-10(19(20)21)12(17-9-16-11)15-7-13(2,3)8-18(4)5/h9H,6-8H2,1-5H3,(H2,14,15,16,17). The molecule has 0 unspecified atom stereocenters. The zero-order valence-corrected chi connectivity index (χ0v) is 13.3. The molecule has 1 aromatic rings. The minimum atomic E-state index is -0.459. The summed E-state index contributed by atoms with van der Waals surface area (Å²) in [6.45, 7) is 8.05. The lowest BCUT2D eigenvalue weighted by atomic mass is 9.93. The van der Waals surface area contributed by atoms with E-state index >= 15 is 0 Å². The number of nitro groups is 1. The molecule has 0 saturated carbocycles. The molecule has 1 aromatic heterocycles. The van der Waals surface area contributed by atoms with Crippen molar-refractivity contribution in [2.45, 2.75) is 20.8 Å². The Hall–Kier alpha value is -1.96. The molecule has 0 aromatic carbocycles. The lowest BCUT2D eigenvalue weighted by molar-refractivity contribution is -0.383. The molecule has 1 rings (SSSR count). The Morgan fingerprint density at radius 1 is 1.29 bits per heavy atom. The second-order valence-electron chi connectivity index (χ2n) is 5.96. The van der Waals surface area contributed by atoms with Gasteiger partial charge in [0.1, 0.15) is 6.33 Å². The molecule has 0 aliphatic rings. The molecule has 0 saturated heterocycles. The van der Waals surface area contributed by atoms with Gasteiger partial charge in [-0.3, -0.25) is 10.1 Å². The van der Waals surface area contributed by atoms with Crippen molar-refractivity contribution in [3.63, 3.8) is 0 Å². The van der Waals surface area contributed by atoms with Gasteiger partial charge in [0.05, 0.1) is 4.92 Å². The maximum atomic E-state index is 11.3. The first-order valence-corrected chi connectivity index (χ1v) is 6.88. The number of anilines is 2. The van der Waals surface area contributed by atoms with Crippen LogP contribution in [0.15, 0.2) is 6.33 Å². The highest BCUT2D eigenvalue weighted by atomic mass is 16.6. The molecule has 0 amide bonds. The van der Waals surface area contributed by atoms with Crippen LogP contribution in [0.2, 0.25) is 0 Å². The quantitative estimate of drug-likeness (QED) is 0.558. The number of aromatic nitrogens is 2. The Bertz CT molecular complexity index is 490. The van der Waals surface area contributed by atoms with Gasteiger partial charge in [0, 0.05) is 19.6 Å². The first-order chi connectivity index (χ1) is 9.76. The molecule has 8 heteroatoms. The number of hydrogen-bond acceptors (Lipinski definition) is 7. The van der Waals surface area contributed by atoms with Crippen LogP contribution >= 0.6 is 0 Å². The molecule has 0 radical (unpaired) electrons. The molecule has 0 aliphatic heterocycles. The van der Waals surface area contributed by atoms with E-state index in [0.29, 0.717) is 13.1 Å². The second-order valence-corrected chi connectivity index (χ2v) is 5.96. The molecule has 0 spiro atoms. The Labute approximate surface area is 125 Å². The minimum absolute atomic E-state index is 0.0410. The van der Waals surface area contributed by atoms with Crippen LogP contribution in [0, 0.1) is 15.5 Å². The molecule has 0 fully saturated rings. The smallest absolute Gasteiger partial charge is 0.353 e. The molecule has 1 heterocycles. The number of rotatable bonds is 8. The van der Waals surface area contributed by atoms with Crippen LogP contribution in [-0.2, 0) is 0 Å². The van der Waals surface area contributed by atoms with Crippen molar-refractivity contribution in [3.8, 4) is 0 Å². The molecular formula is C13H24N6O2. The van der Waals surface area contributed by atoms with Crippen LogP contribution in [0.5, 0.6) is 0 Å². The van der Waals surface area contributed by atoms with Crippen molar-refractivity contribution >= 4 is 17.3 Å². The van der Waals surface area contributed by atoms with Gasteiger partial charge < -0.3 is 15.5 Å². The summed E-state index contributed by atoms with van der Waals surface area (Å²) in [5.41, 5.74) is -0.152. The van der Waals surface area contributed by atoms with Crippen molar-refractivity contribution in [3.05, 3.63) is 16.4 Å². The van der Waals surface area contributed by atoms with Crippen LogP contribution in [0.1, 0.15) is 20.8 Å². The third kappa shape index (κ3) is 5.14. The van der Waals surface area contributed by atoms with Gasteiger partial charge in [0.25, 0.3) is 0 Å². The summed E-state index contributed by atoms with van der Waals surface area (Å²) >= 11 is 0. The Morgan fingerprint density at radius 3 is 2.33 bits per heavy atom. The molecule has 2 N–H and O–H groups in total. The summed E-state index contributed by atoms with van der Waals surface area (Å²) < 4.78 is 0. The lowest BCUT2D eigenvalue weighted by Crippen LogP contribution is -2.34. The first-order valence-electron chi connectivity index (χ1n) is 6.88. The number of nitrogens with one attached hydrogen (secondary N) is 2. The van der Waals surface area contributed by atoms with Gasteiger partial charge in [-0.15, -0.1) is 0 Å². The van der Waals surface area contributed by atoms with E-state index in [1.165, 1.54) is 6.33 Å². The minimum Gasteiger partial charge on any atom is -0.364 e. The average molecular weight is 296 g/mol. The zero-order chi connectivity index (χ0) is 16.0. The third-order valence-electron chi connectivity index (χ3n) is 2.83. The third-order valence-corrected chi connectivity index (χ3v) is 2.83. The molecule has 8 nitrogen and oxygen atoms in total. The lowest BCUT2D eigenvalue weighted by Gasteiger charge is -2.28. The number of nitrogens with zero attached hydrogens (tertiary/aromatic N) is 4. The van der Waals surface area contributed by atoms with Crippen molar-refractivity contribution in [2.75, 3.05) is 44.4 Å². The van der Waals surface area contributed by atoms with E-state index in [2.05, 4.69) is 39.3 Å². The van der Waals surface area contributed by atoms with Gasteiger partial charge in [-0.1, -0.05) is 13.8 Å². The highest BCUT2D eigenvalue weighted by molar-refractivity contribution is 5.69. The van der Waals surface area contributed by atoms with Crippen LogP contribution in [0.25, 0.3) is 0 Å². The highest BCUT2D eigenvalue weighted by Gasteiger charge is 2.25. The summed E-state index contributed by atoms with van der Waals surface area (Å²) in [7, 11) is 4.00. The van der Waals surface area contributed by atoms with E-state index in [9.17, 15) is 10.1 Å². The van der Waals surface area contributed by atoms with E-state index in [1.807, 2.05) is 21.0 Å². The fourth-order valence-corrected chi connectivity index (χ4v) is 2.21. The van der Waals surface area contributed by atoms with Gasteiger partial charge in [-0.05, 0) is 26.4 Å². The van der Waals surface area contributed by atoms with Gasteiger partial charge in [-0.25, -0.2) is 9.97 Å². The van der Waals surface area contributed by atoms with Crippen LogP contribution in [-0.4, -0.2) is 53.5 Å². The first kappa shape index (κ1) is 17.1. The van der Waals surface area contributed by atoms with Gasteiger partial charge in [0.15, 0.2) is 0 Å². The molecule has 0 atom stereocenters. The maximum absolute atomic E-state index is 11.3. The molecule has 21 heavy (non-hydrogen) atoms. The van der Waals surface area contributed by atoms with E-state index in [4.69, 9.17) is 0 Å². The molecule has 118 valence electrons. The van der Waals surface area contributed by atoms with Crippen LogP contribution in [0.3, 0.4) is 0 Å². The second kappa shape index (κ2) is 7.16. The van der Waals surface area contributed by atoms with Gasteiger partial charge >= 0.3 is 5.69 Å². The Morgan fingerprint density at radius 2 is 1.86 bits per heavy atom. The Kier molecular flexibility index (Phi) is 5.83. The van der Waals surface area contributed by atoms with Crippen molar-refractivity contribution < 1.29 is 4.92 Å². The summed E-state index contributed by atoms with van der Waals surface area (Å²) in [6.07, 6.45) is 1.33. The van der Waals surface area contributed by atoms with Crippen molar-refractivity contribution in [2.24, 2.45) is 5.41 Å². The van der Waals surface area contributed by atoms with Crippen LogP contribution < -0.4 is 10.6 Å². The summed E-state index contributed by atoms with van der Waals surface area (Å²) in [6, 6.07) is 0. The van der Waals surface area contributed by atoms with E-state index in [0.717, 1.165) is 6.54 Å². The maximum Gasteiger partial charge on any atom is 0.353 e. The fourth-order valence-electron chi connectivity index (χ4n) is 2.21. The number of hydrogen-bond donors (Lipinski definition) is 2. The Balaban J connectivity index is 2.93. The highest BCUT2D eigenvalue weighted by Crippen LogP contribution is 2.29. The monoisotopic (exact) mass is 296 g/mol. The van der Waals surface area contributed by atoms with Gasteiger partial charge in [-0.2, -0.15) is 0 Å². The van der Waals surface area contributed by atoms with Crippen molar-refractivity contribution in [1.29, 1.82) is 0 Å². The topological polar surface area (TPSA) is 96.2 Å². The van der Waals surface area contributed by atoms with Crippen molar-refractivity contribution in [1.82, 2.24) is 14.9 Å². The summed E-state index contributed by atoms with van der Waals surface area (Å²) in [5.74, 6) is 0.489. The van der Waals surface area contributed by atoms with E-state index in [1.54, 1.807) is 0 Å². The fraction of sp³-hybridized carbons (Fsp3) is 0.692. The SMILES string of the molecule is CCNc1ncnc(NCC(C)(C)CN(C)C)c1[N+](=O)[O-].